The normalized spacial score (nSPS) is 11.6. The number of carbonyl (C=O) groups excluding carboxylic acids is 1. The molecule has 1 N–H and O–H groups in total. The van der Waals surface area contributed by atoms with Gasteiger partial charge in [-0.05, 0) is 48.9 Å². The van der Waals surface area contributed by atoms with Crippen LogP contribution in [0.4, 0.5) is 18.9 Å². The summed E-state index contributed by atoms with van der Waals surface area (Å²) in [6.07, 6.45) is -4.52. The predicted molar refractivity (Wildman–Crippen MR) is 129 cm³/mol. The fourth-order valence-electron chi connectivity index (χ4n) is 3.38. The van der Waals surface area contributed by atoms with E-state index in [1.807, 2.05) is 6.92 Å². The van der Waals surface area contributed by atoms with Gasteiger partial charge in [-0.25, -0.2) is 8.42 Å². The molecule has 36 heavy (non-hydrogen) atoms. The van der Waals surface area contributed by atoms with Crippen molar-refractivity contribution in [2.75, 3.05) is 25.1 Å². The van der Waals surface area contributed by atoms with Crippen LogP contribution in [0.2, 0.25) is 0 Å². The maximum absolute atomic E-state index is 13.5. The highest BCUT2D eigenvalue weighted by Crippen LogP contribution is 2.34. The summed E-state index contributed by atoms with van der Waals surface area (Å²) in [7, 11) is -1.37. The van der Waals surface area contributed by atoms with Gasteiger partial charge in [-0.2, -0.15) is 13.2 Å². The molecule has 0 spiro atoms. The molecule has 192 valence electrons. The number of nitrogens with zero attached hydrogens (tertiary/aromatic N) is 1. The van der Waals surface area contributed by atoms with Gasteiger partial charge in [-0.15, -0.1) is 0 Å². The second kappa shape index (κ2) is 10.9. The molecule has 0 aliphatic carbocycles. The molecule has 0 aromatic heterocycles. The molecule has 0 saturated carbocycles. The number of halogens is 3. The second-order valence-corrected chi connectivity index (χ2v) is 9.70. The number of nitrogens with one attached hydrogen (secondary N) is 1. The van der Waals surface area contributed by atoms with Gasteiger partial charge < -0.3 is 14.8 Å². The van der Waals surface area contributed by atoms with Crippen LogP contribution in [-0.4, -0.2) is 35.1 Å². The first-order valence-corrected chi connectivity index (χ1v) is 12.1. The Morgan fingerprint density at radius 2 is 1.61 bits per heavy atom. The number of alkyl halides is 3. The van der Waals surface area contributed by atoms with Crippen molar-refractivity contribution >= 4 is 21.6 Å². The Balaban J connectivity index is 1.90. The minimum Gasteiger partial charge on any atom is -0.493 e. The van der Waals surface area contributed by atoms with Gasteiger partial charge in [-0.3, -0.25) is 9.10 Å². The first-order chi connectivity index (χ1) is 17.0. The summed E-state index contributed by atoms with van der Waals surface area (Å²) in [5.41, 5.74) is 0.369. The topological polar surface area (TPSA) is 84.9 Å². The van der Waals surface area contributed by atoms with E-state index < -0.39 is 34.2 Å². The van der Waals surface area contributed by atoms with Crippen LogP contribution in [0.3, 0.4) is 0 Å². The smallest absolute Gasteiger partial charge is 0.416 e. The van der Waals surface area contributed by atoms with Gasteiger partial charge in [-0.1, -0.05) is 29.8 Å². The molecule has 0 atom stereocenters. The second-order valence-electron chi connectivity index (χ2n) is 7.84. The van der Waals surface area contributed by atoms with E-state index in [0.717, 1.165) is 22.0 Å². The highest BCUT2D eigenvalue weighted by Gasteiger charge is 2.31. The fraction of sp³-hybridized carbons (Fsp3) is 0.240. The molecule has 3 aromatic carbocycles. The highest BCUT2D eigenvalue weighted by atomic mass is 32.2. The number of methoxy groups -OCH3 is 2. The van der Waals surface area contributed by atoms with Crippen LogP contribution in [0.25, 0.3) is 0 Å². The van der Waals surface area contributed by atoms with Gasteiger partial charge in [0.15, 0.2) is 11.5 Å². The summed E-state index contributed by atoms with van der Waals surface area (Å²) in [5, 5.41) is 2.49. The zero-order valence-electron chi connectivity index (χ0n) is 19.8. The molecular weight excluding hydrogens is 497 g/mol. The first kappa shape index (κ1) is 26.9. The molecule has 7 nitrogen and oxygen atoms in total. The number of carbonyl (C=O) groups is 1. The monoisotopic (exact) mass is 522 g/mol. The van der Waals surface area contributed by atoms with Crippen molar-refractivity contribution in [3.8, 4) is 11.5 Å². The maximum atomic E-state index is 13.5. The van der Waals surface area contributed by atoms with Gasteiger partial charge in [0.2, 0.25) is 5.91 Å². The third-order valence-corrected chi connectivity index (χ3v) is 7.08. The van der Waals surface area contributed by atoms with Gasteiger partial charge in [0.05, 0.1) is 30.4 Å². The minimum absolute atomic E-state index is 0.0337. The molecule has 3 aromatic rings. The van der Waals surface area contributed by atoms with Crippen LogP contribution >= 0.6 is 0 Å². The number of aryl methyl sites for hydroxylation is 1. The number of hydrogen-bond donors (Lipinski definition) is 1. The molecule has 1 amide bonds. The van der Waals surface area contributed by atoms with Crippen LogP contribution in [0, 0.1) is 6.92 Å². The van der Waals surface area contributed by atoms with E-state index in [1.165, 1.54) is 56.7 Å². The van der Waals surface area contributed by atoms with E-state index in [-0.39, 0.29) is 28.4 Å². The number of rotatable bonds is 9. The average Bonchev–Trinajstić information content (AvgIpc) is 2.85. The summed E-state index contributed by atoms with van der Waals surface area (Å²) in [6, 6.07) is 15.0. The van der Waals surface area contributed by atoms with Gasteiger partial charge in [0.1, 0.15) is 6.54 Å². The van der Waals surface area contributed by atoms with Crippen LogP contribution in [-0.2, 0) is 27.5 Å². The lowest BCUT2D eigenvalue weighted by atomic mass is 10.1. The van der Waals surface area contributed by atoms with E-state index in [1.54, 1.807) is 12.1 Å². The number of amides is 1. The predicted octanol–water partition coefficient (Wildman–Crippen LogP) is 4.54. The summed E-state index contributed by atoms with van der Waals surface area (Å²) in [4.78, 5) is 12.8. The van der Waals surface area contributed by atoms with E-state index >= 15 is 0 Å². The summed E-state index contributed by atoms with van der Waals surface area (Å²) in [5.74, 6) is -0.0932. The number of anilines is 1. The number of benzene rings is 3. The molecule has 11 heteroatoms. The van der Waals surface area contributed by atoms with Crippen molar-refractivity contribution in [3.05, 3.63) is 83.4 Å². The SMILES string of the molecule is COc1ccc(N(CC(=O)NCc2cccc(C(F)(F)F)c2)S(=O)(=O)c2ccc(C)cc2)cc1OC. The quantitative estimate of drug-likeness (QED) is 0.446. The van der Waals surface area contributed by atoms with Crippen molar-refractivity contribution in [1.29, 1.82) is 0 Å². The Labute approximate surface area is 207 Å². The van der Waals surface area contributed by atoms with Gasteiger partial charge in [0, 0.05) is 12.6 Å². The van der Waals surface area contributed by atoms with Crippen LogP contribution in [0.15, 0.2) is 71.6 Å². The third-order valence-electron chi connectivity index (χ3n) is 5.30. The summed E-state index contributed by atoms with van der Waals surface area (Å²) in [6.45, 7) is 0.974. The third kappa shape index (κ3) is 6.28. The Kier molecular flexibility index (Phi) is 8.13. The van der Waals surface area contributed by atoms with Crippen LogP contribution < -0.4 is 19.1 Å². The first-order valence-electron chi connectivity index (χ1n) is 10.7. The van der Waals surface area contributed by atoms with E-state index in [2.05, 4.69) is 5.32 Å². The molecule has 0 bridgehead atoms. The van der Waals surface area contributed by atoms with Gasteiger partial charge in [0.25, 0.3) is 10.0 Å². The number of hydrogen-bond acceptors (Lipinski definition) is 5. The van der Waals surface area contributed by atoms with Crippen molar-refractivity contribution in [2.45, 2.75) is 24.5 Å². The zero-order valence-corrected chi connectivity index (χ0v) is 20.6. The molecule has 0 aliphatic heterocycles. The average molecular weight is 523 g/mol. The fourth-order valence-corrected chi connectivity index (χ4v) is 4.79. The maximum Gasteiger partial charge on any atom is 0.416 e. The molecule has 0 heterocycles. The van der Waals surface area contributed by atoms with Crippen LogP contribution in [0.1, 0.15) is 16.7 Å². The standard InChI is InChI=1S/C25H25F3N2O5S/c1-17-7-10-21(11-8-17)36(32,33)30(20-9-12-22(34-2)23(14-20)35-3)16-24(31)29-15-18-5-4-6-19(13-18)25(26,27)28/h4-14H,15-16H2,1-3H3,(H,29,31). The van der Waals surface area contributed by atoms with Crippen molar-refractivity contribution in [3.63, 3.8) is 0 Å². The molecule has 0 unspecified atom stereocenters. The Bertz CT molecular complexity index is 1330. The van der Waals surface area contributed by atoms with Crippen molar-refractivity contribution < 1.29 is 35.9 Å². The van der Waals surface area contributed by atoms with E-state index in [4.69, 9.17) is 9.47 Å². The number of sulfonamides is 1. The number of ether oxygens (including phenoxy) is 2. The molecule has 0 fully saturated rings. The zero-order chi connectivity index (χ0) is 26.5. The van der Waals surface area contributed by atoms with Gasteiger partial charge >= 0.3 is 6.18 Å². The Morgan fingerprint density at radius 1 is 0.944 bits per heavy atom. The minimum atomic E-state index is -4.52. The lowest BCUT2D eigenvalue weighted by Crippen LogP contribution is -2.40. The van der Waals surface area contributed by atoms with E-state index in [9.17, 15) is 26.4 Å². The molecule has 0 aliphatic rings. The largest absolute Gasteiger partial charge is 0.493 e. The van der Waals surface area contributed by atoms with Crippen LogP contribution in [0.5, 0.6) is 11.5 Å². The summed E-state index contributed by atoms with van der Waals surface area (Å²) >= 11 is 0. The Hall–Kier alpha value is -3.73. The van der Waals surface area contributed by atoms with Crippen molar-refractivity contribution in [2.24, 2.45) is 0 Å². The van der Waals surface area contributed by atoms with E-state index in [0.29, 0.717) is 5.75 Å². The molecule has 0 saturated heterocycles. The molecule has 0 radical (unpaired) electrons. The Morgan fingerprint density at radius 3 is 2.22 bits per heavy atom. The van der Waals surface area contributed by atoms with Crippen molar-refractivity contribution in [1.82, 2.24) is 5.32 Å². The lowest BCUT2D eigenvalue weighted by Gasteiger charge is -2.25. The molecule has 3 rings (SSSR count). The highest BCUT2D eigenvalue weighted by molar-refractivity contribution is 7.92. The summed E-state index contributed by atoms with van der Waals surface area (Å²) < 4.78 is 77.3. The molecular formula is C25H25F3N2O5S. The lowest BCUT2D eigenvalue weighted by molar-refractivity contribution is -0.137.